The molecular weight excluding hydrogens is 298 g/mol. The van der Waals surface area contributed by atoms with Gasteiger partial charge in [-0.15, -0.1) is 0 Å². The van der Waals surface area contributed by atoms with Crippen LogP contribution >= 0.6 is 27.5 Å². The van der Waals surface area contributed by atoms with Gasteiger partial charge in [-0.2, -0.15) is 0 Å². The lowest BCUT2D eigenvalue weighted by molar-refractivity contribution is 0.671. The number of aromatic nitrogens is 1. The van der Waals surface area contributed by atoms with E-state index >= 15 is 0 Å². The third kappa shape index (κ3) is 1.88. The summed E-state index contributed by atoms with van der Waals surface area (Å²) in [6.07, 6.45) is 4.60. The number of benzene rings is 1. The highest BCUT2D eigenvalue weighted by Crippen LogP contribution is 2.35. The standard InChI is InChI=1S/C14H13BrClN/c1-8-6-9(15)7-11-13(16)10-4-2-3-5-12(10)17-14(8)11/h6-7H,2-5H2,1H3. The molecule has 0 aliphatic heterocycles. The molecule has 0 bridgehead atoms. The van der Waals surface area contributed by atoms with E-state index in [1.807, 2.05) is 0 Å². The van der Waals surface area contributed by atoms with Crippen molar-refractivity contribution in [2.75, 3.05) is 0 Å². The highest BCUT2D eigenvalue weighted by Gasteiger charge is 2.17. The Morgan fingerprint density at radius 2 is 2.00 bits per heavy atom. The lowest BCUT2D eigenvalue weighted by atomic mass is 9.94. The molecule has 0 N–H and O–H groups in total. The van der Waals surface area contributed by atoms with Gasteiger partial charge in [0.1, 0.15) is 0 Å². The first-order valence-corrected chi connectivity index (χ1v) is 7.11. The van der Waals surface area contributed by atoms with E-state index < -0.39 is 0 Å². The van der Waals surface area contributed by atoms with E-state index in [0.29, 0.717) is 0 Å². The predicted molar refractivity (Wildman–Crippen MR) is 75.8 cm³/mol. The van der Waals surface area contributed by atoms with Crippen LogP contribution < -0.4 is 0 Å². The Labute approximate surface area is 114 Å². The van der Waals surface area contributed by atoms with Gasteiger partial charge in [-0.3, -0.25) is 4.98 Å². The number of aryl methyl sites for hydroxylation is 2. The number of nitrogens with zero attached hydrogens (tertiary/aromatic N) is 1. The molecule has 17 heavy (non-hydrogen) atoms. The molecule has 88 valence electrons. The Morgan fingerprint density at radius 1 is 1.24 bits per heavy atom. The van der Waals surface area contributed by atoms with Crippen molar-refractivity contribution in [2.45, 2.75) is 32.6 Å². The molecule has 0 saturated carbocycles. The van der Waals surface area contributed by atoms with E-state index in [1.165, 1.54) is 29.7 Å². The van der Waals surface area contributed by atoms with Crippen molar-refractivity contribution in [3.8, 4) is 0 Å². The number of halogens is 2. The van der Waals surface area contributed by atoms with Gasteiger partial charge in [0.2, 0.25) is 0 Å². The first kappa shape index (κ1) is 11.5. The van der Waals surface area contributed by atoms with E-state index in [9.17, 15) is 0 Å². The smallest absolute Gasteiger partial charge is 0.0750 e. The predicted octanol–water partition coefficient (Wildman–Crippen LogP) is 4.84. The van der Waals surface area contributed by atoms with Gasteiger partial charge in [0.25, 0.3) is 0 Å². The highest BCUT2D eigenvalue weighted by atomic mass is 79.9. The third-order valence-corrected chi connectivity index (χ3v) is 4.34. The summed E-state index contributed by atoms with van der Waals surface area (Å²) < 4.78 is 1.07. The summed E-state index contributed by atoms with van der Waals surface area (Å²) in [5.74, 6) is 0. The van der Waals surface area contributed by atoms with Crippen molar-refractivity contribution < 1.29 is 0 Å². The molecule has 1 aliphatic carbocycles. The maximum absolute atomic E-state index is 6.54. The van der Waals surface area contributed by atoms with Gasteiger partial charge < -0.3 is 0 Å². The normalized spacial score (nSPS) is 15.0. The molecular formula is C14H13BrClN. The van der Waals surface area contributed by atoms with E-state index in [-0.39, 0.29) is 0 Å². The molecule has 0 unspecified atom stereocenters. The summed E-state index contributed by atoms with van der Waals surface area (Å²) in [6.45, 7) is 2.09. The molecule has 0 atom stereocenters. The maximum Gasteiger partial charge on any atom is 0.0750 e. The van der Waals surface area contributed by atoms with Crippen molar-refractivity contribution in [3.05, 3.63) is 38.4 Å². The van der Waals surface area contributed by atoms with Gasteiger partial charge in [0.05, 0.1) is 10.5 Å². The van der Waals surface area contributed by atoms with Crippen molar-refractivity contribution in [3.63, 3.8) is 0 Å². The quantitative estimate of drug-likeness (QED) is 0.678. The van der Waals surface area contributed by atoms with Crippen molar-refractivity contribution in [1.82, 2.24) is 4.98 Å². The number of pyridine rings is 1. The van der Waals surface area contributed by atoms with Crippen LogP contribution in [0.1, 0.15) is 29.7 Å². The molecule has 1 aromatic carbocycles. The second-order valence-corrected chi connectivity index (χ2v) is 5.97. The largest absolute Gasteiger partial charge is 0.252 e. The summed E-state index contributed by atoms with van der Waals surface area (Å²) in [5.41, 5.74) is 4.71. The average Bonchev–Trinajstić information content (AvgIpc) is 2.31. The van der Waals surface area contributed by atoms with Crippen LogP contribution in [0.5, 0.6) is 0 Å². The average molecular weight is 311 g/mol. The fraction of sp³-hybridized carbons (Fsp3) is 0.357. The van der Waals surface area contributed by atoms with Gasteiger partial charge >= 0.3 is 0 Å². The van der Waals surface area contributed by atoms with Crippen LogP contribution in [-0.2, 0) is 12.8 Å². The Morgan fingerprint density at radius 3 is 2.82 bits per heavy atom. The topological polar surface area (TPSA) is 12.9 Å². The number of rotatable bonds is 0. The third-order valence-electron chi connectivity index (χ3n) is 3.45. The van der Waals surface area contributed by atoms with Gasteiger partial charge in [0.15, 0.2) is 0 Å². The maximum atomic E-state index is 6.54. The Hall–Kier alpha value is -0.600. The second-order valence-electron chi connectivity index (χ2n) is 4.68. The molecule has 3 heteroatoms. The molecule has 1 aromatic heterocycles. The molecule has 1 aliphatic rings. The van der Waals surface area contributed by atoms with E-state index in [0.717, 1.165) is 33.2 Å². The molecule has 0 spiro atoms. The molecule has 0 saturated heterocycles. The van der Waals surface area contributed by atoms with E-state index in [1.54, 1.807) is 0 Å². The molecule has 1 nitrogen and oxygen atoms in total. The van der Waals surface area contributed by atoms with Crippen LogP contribution in [0.15, 0.2) is 16.6 Å². The number of fused-ring (bicyclic) bond motifs is 2. The van der Waals surface area contributed by atoms with Crippen LogP contribution in [0.2, 0.25) is 5.02 Å². The van der Waals surface area contributed by atoms with Crippen LogP contribution in [0.4, 0.5) is 0 Å². The fourth-order valence-electron chi connectivity index (χ4n) is 2.60. The summed E-state index contributed by atoms with van der Waals surface area (Å²) in [6, 6.07) is 4.17. The Balaban J connectivity index is 2.40. The zero-order chi connectivity index (χ0) is 12.0. The summed E-state index contributed by atoms with van der Waals surface area (Å²) in [7, 11) is 0. The lowest BCUT2D eigenvalue weighted by Crippen LogP contribution is -2.07. The minimum Gasteiger partial charge on any atom is -0.252 e. The minimum absolute atomic E-state index is 0.911. The van der Waals surface area contributed by atoms with Crippen LogP contribution in [-0.4, -0.2) is 4.98 Å². The SMILES string of the molecule is Cc1cc(Br)cc2c(Cl)c3c(nc12)CCCC3. The summed E-state index contributed by atoms with van der Waals surface area (Å²) >= 11 is 10.1. The van der Waals surface area contributed by atoms with Crippen LogP contribution in [0.3, 0.4) is 0 Å². The summed E-state index contributed by atoms with van der Waals surface area (Å²) in [5, 5.41) is 1.99. The van der Waals surface area contributed by atoms with Gasteiger partial charge in [-0.05, 0) is 55.9 Å². The van der Waals surface area contributed by atoms with Crippen LogP contribution in [0.25, 0.3) is 10.9 Å². The van der Waals surface area contributed by atoms with Gasteiger partial charge in [0, 0.05) is 15.6 Å². The molecule has 3 rings (SSSR count). The number of hydrogen-bond acceptors (Lipinski definition) is 1. The monoisotopic (exact) mass is 309 g/mol. The first-order valence-electron chi connectivity index (χ1n) is 5.94. The van der Waals surface area contributed by atoms with Crippen molar-refractivity contribution in [2.24, 2.45) is 0 Å². The molecule has 0 radical (unpaired) electrons. The number of hydrogen-bond donors (Lipinski definition) is 0. The van der Waals surface area contributed by atoms with E-state index in [2.05, 4.69) is 35.0 Å². The summed E-state index contributed by atoms with van der Waals surface area (Å²) in [4.78, 5) is 4.81. The highest BCUT2D eigenvalue weighted by molar-refractivity contribution is 9.10. The molecule has 2 aromatic rings. The van der Waals surface area contributed by atoms with Crippen molar-refractivity contribution >= 4 is 38.4 Å². The first-order chi connectivity index (χ1) is 8.16. The Kier molecular flexibility index (Phi) is 2.87. The van der Waals surface area contributed by atoms with Gasteiger partial charge in [-0.25, -0.2) is 0 Å². The second kappa shape index (κ2) is 4.25. The zero-order valence-corrected chi connectivity index (χ0v) is 12.0. The Bertz CT molecular complexity index is 607. The lowest BCUT2D eigenvalue weighted by Gasteiger charge is -2.18. The fourth-order valence-corrected chi connectivity index (χ4v) is 3.52. The van der Waals surface area contributed by atoms with E-state index in [4.69, 9.17) is 16.6 Å². The molecule has 0 amide bonds. The van der Waals surface area contributed by atoms with Gasteiger partial charge in [-0.1, -0.05) is 27.5 Å². The minimum atomic E-state index is 0.911. The zero-order valence-electron chi connectivity index (χ0n) is 9.69. The molecule has 0 fully saturated rings. The van der Waals surface area contributed by atoms with Crippen LogP contribution in [0, 0.1) is 6.92 Å². The molecule has 1 heterocycles. The van der Waals surface area contributed by atoms with Crippen molar-refractivity contribution in [1.29, 1.82) is 0 Å².